The number of aryl methyl sites for hydroxylation is 2. The third-order valence-corrected chi connectivity index (χ3v) is 3.26. The summed E-state index contributed by atoms with van der Waals surface area (Å²) in [6.07, 6.45) is 0. The van der Waals surface area contributed by atoms with Gasteiger partial charge in [0.25, 0.3) is 5.91 Å². The Labute approximate surface area is 140 Å². The number of amides is 1. The van der Waals surface area contributed by atoms with E-state index >= 15 is 0 Å². The maximum absolute atomic E-state index is 12.4. The van der Waals surface area contributed by atoms with E-state index < -0.39 is 0 Å². The summed E-state index contributed by atoms with van der Waals surface area (Å²) in [5.41, 5.74) is 10.2. The lowest BCUT2D eigenvalue weighted by Crippen LogP contribution is -2.49. The Kier molecular flexibility index (Phi) is 5.17. The molecule has 8 heteroatoms. The van der Waals surface area contributed by atoms with Crippen molar-refractivity contribution in [3.63, 3.8) is 0 Å². The third-order valence-electron chi connectivity index (χ3n) is 3.07. The van der Waals surface area contributed by atoms with Crippen LogP contribution < -0.4 is 20.9 Å². The van der Waals surface area contributed by atoms with Gasteiger partial charge >= 0.3 is 0 Å². The molecule has 0 unspecified atom stereocenters. The van der Waals surface area contributed by atoms with Crippen LogP contribution in [0.15, 0.2) is 30.3 Å². The summed E-state index contributed by atoms with van der Waals surface area (Å²) >= 11 is 5.02. The van der Waals surface area contributed by atoms with Crippen molar-refractivity contribution in [2.24, 2.45) is 12.8 Å². The van der Waals surface area contributed by atoms with Gasteiger partial charge in [0, 0.05) is 7.05 Å². The number of nitrogens with zero attached hydrogens (tertiary/aromatic N) is 3. The van der Waals surface area contributed by atoms with E-state index in [1.807, 2.05) is 13.8 Å². The average Bonchev–Trinajstić information content (AvgIpc) is 2.84. The van der Waals surface area contributed by atoms with Gasteiger partial charge in [0.15, 0.2) is 5.11 Å². The molecule has 3 N–H and O–H groups in total. The number of ether oxygens (including phenoxy) is 1. The van der Waals surface area contributed by atoms with Crippen molar-refractivity contribution in [3.8, 4) is 5.75 Å². The molecule has 122 valence electrons. The topological polar surface area (TPSA) is 85.4 Å². The third kappa shape index (κ3) is 3.98. The number of thiocarbonyl (C=S) groups is 1. The lowest BCUT2D eigenvalue weighted by molar-refractivity contribution is 0.0945. The molecule has 7 nitrogen and oxygen atoms in total. The van der Waals surface area contributed by atoms with Crippen molar-refractivity contribution >= 4 is 28.9 Å². The lowest BCUT2D eigenvalue weighted by atomic mass is 10.3. The zero-order valence-electron chi connectivity index (χ0n) is 13.2. The van der Waals surface area contributed by atoms with Crippen molar-refractivity contribution in [2.75, 3.05) is 11.6 Å². The first-order valence-corrected chi connectivity index (χ1v) is 7.47. The summed E-state index contributed by atoms with van der Waals surface area (Å²) in [4.78, 5) is 12.4. The van der Waals surface area contributed by atoms with Crippen LogP contribution in [-0.4, -0.2) is 27.4 Å². The SMILES string of the molecule is CCOc1ccc(N(NC(=O)c2cc(C)nn2C)C(N)=S)cc1. The number of carbonyl (C=O) groups excluding carboxylic acids is 1. The van der Waals surface area contributed by atoms with Crippen LogP contribution in [-0.2, 0) is 7.05 Å². The number of hydrogen-bond acceptors (Lipinski definition) is 4. The zero-order chi connectivity index (χ0) is 17.0. The van der Waals surface area contributed by atoms with Crippen LogP contribution in [0.5, 0.6) is 5.75 Å². The van der Waals surface area contributed by atoms with Crippen molar-refractivity contribution in [2.45, 2.75) is 13.8 Å². The highest BCUT2D eigenvalue weighted by atomic mass is 32.1. The highest BCUT2D eigenvalue weighted by Crippen LogP contribution is 2.18. The van der Waals surface area contributed by atoms with E-state index in [2.05, 4.69) is 10.5 Å². The van der Waals surface area contributed by atoms with Crippen LogP contribution >= 0.6 is 12.2 Å². The molecule has 0 saturated heterocycles. The van der Waals surface area contributed by atoms with Gasteiger partial charge in [-0.3, -0.25) is 14.9 Å². The fourth-order valence-electron chi connectivity index (χ4n) is 2.09. The van der Waals surface area contributed by atoms with Gasteiger partial charge in [0.2, 0.25) is 0 Å². The summed E-state index contributed by atoms with van der Waals surface area (Å²) in [5.74, 6) is 0.377. The first-order chi connectivity index (χ1) is 10.9. The van der Waals surface area contributed by atoms with Gasteiger partial charge in [-0.25, -0.2) is 5.01 Å². The number of hydrogen-bond donors (Lipinski definition) is 2. The molecular formula is C15H19N5O2S. The number of carbonyl (C=O) groups is 1. The predicted octanol–water partition coefficient (Wildman–Crippen LogP) is 1.52. The fourth-order valence-corrected chi connectivity index (χ4v) is 2.24. The van der Waals surface area contributed by atoms with Crippen LogP contribution in [0.3, 0.4) is 0 Å². The second-order valence-electron chi connectivity index (χ2n) is 4.84. The molecule has 0 atom stereocenters. The minimum atomic E-state index is -0.352. The number of nitrogens with one attached hydrogen (secondary N) is 1. The van der Waals surface area contributed by atoms with Crippen LogP contribution in [0.2, 0.25) is 0 Å². The molecule has 1 aromatic carbocycles. The minimum absolute atomic E-state index is 0.0291. The van der Waals surface area contributed by atoms with E-state index in [0.29, 0.717) is 18.0 Å². The first kappa shape index (κ1) is 16.8. The Morgan fingerprint density at radius 2 is 2.09 bits per heavy atom. The molecule has 0 bridgehead atoms. The maximum atomic E-state index is 12.4. The molecule has 0 saturated carbocycles. The van der Waals surface area contributed by atoms with Crippen molar-refractivity contribution in [1.29, 1.82) is 0 Å². The molecule has 0 fully saturated rings. The molecule has 1 amide bonds. The summed E-state index contributed by atoms with van der Waals surface area (Å²) in [6, 6.07) is 8.78. The standard InChI is InChI=1S/C15H19N5O2S/c1-4-22-12-7-5-11(6-8-12)20(15(16)23)18-14(21)13-9-10(2)17-19(13)3/h5-9H,4H2,1-3H3,(H2,16,23)(H,18,21). The molecule has 0 radical (unpaired) electrons. The molecule has 2 aromatic rings. The van der Waals surface area contributed by atoms with E-state index in [1.54, 1.807) is 37.4 Å². The van der Waals surface area contributed by atoms with Crippen LogP contribution in [0, 0.1) is 6.92 Å². The van der Waals surface area contributed by atoms with Gasteiger partial charge in [-0.15, -0.1) is 0 Å². The Morgan fingerprint density at radius 1 is 1.43 bits per heavy atom. The predicted molar refractivity (Wildman–Crippen MR) is 92.3 cm³/mol. The molecule has 0 aliphatic heterocycles. The van der Waals surface area contributed by atoms with E-state index in [9.17, 15) is 4.79 Å². The van der Waals surface area contributed by atoms with Crippen molar-refractivity contribution in [1.82, 2.24) is 15.2 Å². The van der Waals surface area contributed by atoms with Gasteiger partial charge in [-0.2, -0.15) is 5.10 Å². The number of anilines is 1. The molecule has 0 spiro atoms. The second-order valence-corrected chi connectivity index (χ2v) is 5.25. The summed E-state index contributed by atoms with van der Waals surface area (Å²) in [5, 5.41) is 5.52. The molecule has 23 heavy (non-hydrogen) atoms. The van der Waals surface area contributed by atoms with E-state index in [4.69, 9.17) is 22.7 Å². The Hall–Kier alpha value is -2.61. The van der Waals surface area contributed by atoms with Gasteiger partial charge in [-0.05, 0) is 56.4 Å². The summed E-state index contributed by atoms with van der Waals surface area (Å²) in [7, 11) is 1.70. The second kappa shape index (κ2) is 7.10. The number of hydrazine groups is 1. The largest absolute Gasteiger partial charge is 0.494 e. The Morgan fingerprint density at radius 3 is 2.57 bits per heavy atom. The van der Waals surface area contributed by atoms with Crippen molar-refractivity contribution < 1.29 is 9.53 Å². The van der Waals surface area contributed by atoms with Gasteiger partial charge in [0.1, 0.15) is 11.4 Å². The fraction of sp³-hybridized carbons (Fsp3) is 0.267. The van der Waals surface area contributed by atoms with Crippen LogP contribution in [0.4, 0.5) is 5.69 Å². The smallest absolute Gasteiger partial charge is 0.288 e. The van der Waals surface area contributed by atoms with E-state index in [-0.39, 0.29) is 11.0 Å². The highest BCUT2D eigenvalue weighted by molar-refractivity contribution is 7.80. The maximum Gasteiger partial charge on any atom is 0.288 e. The molecule has 0 aliphatic carbocycles. The quantitative estimate of drug-likeness (QED) is 0.652. The van der Waals surface area contributed by atoms with Crippen molar-refractivity contribution in [3.05, 3.63) is 41.7 Å². The first-order valence-electron chi connectivity index (χ1n) is 7.06. The monoisotopic (exact) mass is 333 g/mol. The molecule has 1 aromatic heterocycles. The Balaban J connectivity index is 2.20. The molecule has 0 aliphatic rings. The van der Waals surface area contributed by atoms with Gasteiger partial charge in [-0.1, -0.05) is 0 Å². The number of aromatic nitrogens is 2. The van der Waals surface area contributed by atoms with Crippen LogP contribution in [0.1, 0.15) is 23.1 Å². The molecular weight excluding hydrogens is 314 g/mol. The van der Waals surface area contributed by atoms with Gasteiger partial charge in [0.05, 0.1) is 18.0 Å². The number of rotatable bonds is 4. The average molecular weight is 333 g/mol. The Bertz CT molecular complexity index is 711. The highest BCUT2D eigenvalue weighted by Gasteiger charge is 2.17. The van der Waals surface area contributed by atoms with E-state index in [0.717, 1.165) is 11.4 Å². The summed E-state index contributed by atoms with van der Waals surface area (Å²) in [6.45, 7) is 4.30. The van der Waals surface area contributed by atoms with Gasteiger partial charge < -0.3 is 10.5 Å². The number of nitrogens with two attached hydrogens (primary N) is 1. The van der Waals surface area contributed by atoms with Crippen LogP contribution in [0.25, 0.3) is 0 Å². The van der Waals surface area contributed by atoms with E-state index in [1.165, 1.54) is 9.69 Å². The summed E-state index contributed by atoms with van der Waals surface area (Å²) < 4.78 is 6.89. The molecule has 1 heterocycles. The number of benzene rings is 1. The normalized spacial score (nSPS) is 10.2. The molecule has 2 rings (SSSR count). The minimum Gasteiger partial charge on any atom is -0.494 e. The zero-order valence-corrected chi connectivity index (χ0v) is 14.1. The lowest BCUT2D eigenvalue weighted by Gasteiger charge is -2.23.